The first-order valence-electron chi connectivity index (χ1n) is 4.39. The third-order valence-electron chi connectivity index (χ3n) is 1.74. The van der Waals surface area contributed by atoms with Crippen LogP contribution >= 0.6 is 0 Å². The third-order valence-corrected chi connectivity index (χ3v) is 1.74. The van der Waals surface area contributed by atoms with Crippen molar-refractivity contribution in [2.45, 2.75) is 12.5 Å². The quantitative estimate of drug-likeness (QED) is 0.768. The van der Waals surface area contributed by atoms with Crippen LogP contribution in [0.4, 0.5) is 4.39 Å². The maximum absolute atomic E-state index is 12.7. The van der Waals surface area contributed by atoms with Gasteiger partial charge in [0.05, 0.1) is 6.61 Å². The van der Waals surface area contributed by atoms with Crippen molar-refractivity contribution in [1.82, 2.24) is 0 Å². The maximum Gasteiger partial charge on any atom is 0.332 e. The highest BCUT2D eigenvalue weighted by molar-refractivity contribution is 5.71. The molecule has 4 nitrogen and oxygen atoms in total. The van der Waals surface area contributed by atoms with Gasteiger partial charge in [-0.3, -0.25) is 0 Å². The van der Waals surface area contributed by atoms with E-state index in [4.69, 9.17) is 14.9 Å². The Morgan fingerprint density at radius 3 is 2.87 bits per heavy atom. The molecule has 0 aliphatic carbocycles. The highest BCUT2D eigenvalue weighted by Gasteiger charge is 2.12. The molecule has 0 amide bonds. The van der Waals surface area contributed by atoms with Crippen LogP contribution in [0.5, 0.6) is 5.75 Å². The number of halogens is 1. The van der Waals surface area contributed by atoms with E-state index in [1.807, 2.05) is 0 Å². The lowest BCUT2D eigenvalue weighted by molar-refractivity contribution is -0.147. The molecule has 0 saturated heterocycles. The molecule has 0 spiro atoms. The standard InChI is InChI=1S/C10H11FO4/c11-7-2-1-3-8(6-7)15-5-4-9(12)10(13)14/h1-3,6,9,12H,4-5H2,(H,13,14). The Bertz CT molecular complexity index is 340. The van der Waals surface area contributed by atoms with Gasteiger partial charge in [0.2, 0.25) is 0 Å². The van der Waals surface area contributed by atoms with Crippen molar-refractivity contribution in [1.29, 1.82) is 0 Å². The number of benzene rings is 1. The van der Waals surface area contributed by atoms with Gasteiger partial charge < -0.3 is 14.9 Å². The largest absolute Gasteiger partial charge is 0.493 e. The van der Waals surface area contributed by atoms with E-state index < -0.39 is 17.9 Å². The van der Waals surface area contributed by atoms with Crippen LogP contribution in [-0.2, 0) is 4.79 Å². The molecule has 5 heteroatoms. The minimum Gasteiger partial charge on any atom is -0.493 e. The molecule has 0 aliphatic rings. The molecule has 0 fully saturated rings. The molecule has 82 valence electrons. The maximum atomic E-state index is 12.7. The SMILES string of the molecule is O=C(O)C(O)CCOc1cccc(F)c1. The van der Waals surface area contributed by atoms with E-state index in [1.54, 1.807) is 6.07 Å². The number of aliphatic carboxylic acids is 1. The number of rotatable bonds is 5. The molecule has 15 heavy (non-hydrogen) atoms. The molecular weight excluding hydrogens is 203 g/mol. The highest BCUT2D eigenvalue weighted by Crippen LogP contribution is 2.12. The third kappa shape index (κ3) is 3.95. The van der Waals surface area contributed by atoms with E-state index in [0.29, 0.717) is 5.75 Å². The molecule has 1 rings (SSSR count). The van der Waals surface area contributed by atoms with Gasteiger partial charge >= 0.3 is 5.97 Å². The molecule has 1 atom stereocenters. The molecule has 0 aliphatic heterocycles. The molecule has 2 N–H and O–H groups in total. The van der Waals surface area contributed by atoms with Crippen molar-refractivity contribution in [2.24, 2.45) is 0 Å². The van der Waals surface area contributed by atoms with E-state index in [9.17, 15) is 9.18 Å². The predicted octanol–water partition coefficient (Wildman–Crippen LogP) is 1.04. The molecule has 0 heterocycles. The fraction of sp³-hybridized carbons (Fsp3) is 0.300. The van der Waals surface area contributed by atoms with Crippen LogP contribution in [0.25, 0.3) is 0 Å². The lowest BCUT2D eigenvalue weighted by Crippen LogP contribution is -2.21. The van der Waals surface area contributed by atoms with Crippen LogP contribution < -0.4 is 4.74 Å². The Hall–Kier alpha value is -1.62. The van der Waals surface area contributed by atoms with Crippen molar-refractivity contribution in [3.63, 3.8) is 0 Å². The number of aliphatic hydroxyl groups excluding tert-OH is 1. The molecule has 0 bridgehead atoms. The fourth-order valence-electron chi connectivity index (χ4n) is 0.969. The van der Waals surface area contributed by atoms with Crippen LogP contribution in [0.3, 0.4) is 0 Å². The molecule has 0 radical (unpaired) electrons. The Balaban J connectivity index is 2.35. The second kappa shape index (κ2) is 5.31. The Morgan fingerprint density at radius 1 is 1.53 bits per heavy atom. The number of carboxylic acids is 1. The zero-order valence-electron chi connectivity index (χ0n) is 7.89. The molecule has 0 aromatic heterocycles. The van der Waals surface area contributed by atoms with E-state index in [0.717, 1.165) is 0 Å². The zero-order chi connectivity index (χ0) is 11.3. The summed E-state index contributed by atoms with van der Waals surface area (Å²) in [5.74, 6) is -1.41. The van der Waals surface area contributed by atoms with Crippen LogP contribution in [0.1, 0.15) is 6.42 Å². The van der Waals surface area contributed by atoms with Crippen molar-refractivity contribution >= 4 is 5.97 Å². The number of hydrogen-bond acceptors (Lipinski definition) is 3. The first kappa shape index (κ1) is 11.5. The van der Waals surface area contributed by atoms with Crippen molar-refractivity contribution in [3.8, 4) is 5.75 Å². The first-order valence-corrected chi connectivity index (χ1v) is 4.39. The minimum absolute atomic E-state index is 0.0247. The number of hydrogen-bond donors (Lipinski definition) is 2. The predicted molar refractivity (Wildman–Crippen MR) is 50.2 cm³/mol. The number of ether oxygens (including phenoxy) is 1. The van der Waals surface area contributed by atoms with E-state index in [-0.39, 0.29) is 13.0 Å². The van der Waals surface area contributed by atoms with Crippen molar-refractivity contribution in [2.75, 3.05) is 6.61 Å². The van der Waals surface area contributed by atoms with Gasteiger partial charge in [-0.15, -0.1) is 0 Å². The summed E-state index contributed by atoms with van der Waals surface area (Å²) >= 11 is 0. The van der Waals surface area contributed by atoms with Gasteiger partial charge in [-0.05, 0) is 12.1 Å². The highest BCUT2D eigenvalue weighted by atomic mass is 19.1. The Labute approximate surface area is 85.9 Å². The van der Waals surface area contributed by atoms with Gasteiger partial charge in [0, 0.05) is 12.5 Å². The summed E-state index contributed by atoms with van der Waals surface area (Å²) in [7, 11) is 0. The van der Waals surface area contributed by atoms with Gasteiger partial charge in [-0.1, -0.05) is 6.07 Å². The smallest absolute Gasteiger partial charge is 0.332 e. The van der Waals surface area contributed by atoms with Crippen molar-refractivity contribution in [3.05, 3.63) is 30.1 Å². The van der Waals surface area contributed by atoms with Crippen LogP contribution in [-0.4, -0.2) is 28.9 Å². The van der Waals surface area contributed by atoms with Crippen LogP contribution in [0.2, 0.25) is 0 Å². The number of carbonyl (C=O) groups is 1. The minimum atomic E-state index is -1.45. The summed E-state index contributed by atoms with van der Waals surface area (Å²) in [5, 5.41) is 17.3. The summed E-state index contributed by atoms with van der Waals surface area (Å²) in [4.78, 5) is 10.2. The van der Waals surface area contributed by atoms with Gasteiger partial charge in [0.1, 0.15) is 11.6 Å². The van der Waals surface area contributed by atoms with Crippen molar-refractivity contribution < 1.29 is 24.1 Å². The lowest BCUT2D eigenvalue weighted by Gasteiger charge is -2.07. The Kier molecular flexibility index (Phi) is 4.05. The normalized spacial score (nSPS) is 12.1. The summed E-state index contributed by atoms with van der Waals surface area (Å²) in [6, 6.07) is 5.50. The summed E-state index contributed by atoms with van der Waals surface area (Å²) in [6.07, 6.45) is -1.48. The zero-order valence-corrected chi connectivity index (χ0v) is 7.89. The molecule has 1 aromatic rings. The number of aliphatic hydroxyl groups is 1. The van der Waals surface area contributed by atoms with E-state index >= 15 is 0 Å². The Morgan fingerprint density at radius 2 is 2.27 bits per heavy atom. The molecule has 1 unspecified atom stereocenters. The van der Waals surface area contributed by atoms with Gasteiger partial charge in [0.15, 0.2) is 6.10 Å². The summed E-state index contributed by atoms with van der Waals surface area (Å²) < 4.78 is 17.7. The lowest BCUT2D eigenvalue weighted by atomic mass is 10.3. The second-order valence-electron chi connectivity index (χ2n) is 2.95. The topological polar surface area (TPSA) is 66.8 Å². The van der Waals surface area contributed by atoms with Crippen LogP contribution in [0, 0.1) is 5.82 Å². The average Bonchev–Trinajstić information content (AvgIpc) is 2.17. The van der Waals surface area contributed by atoms with E-state index in [1.165, 1.54) is 18.2 Å². The van der Waals surface area contributed by atoms with Crippen LogP contribution in [0.15, 0.2) is 24.3 Å². The monoisotopic (exact) mass is 214 g/mol. The van der Waals surface area contributed by atoms with E-state index in [2.05, 4.69) is 0 Å². The molecule has 0 saturated carbocycles. The molecule has 1 aromatic carbocycles. The number of carboxylic acid groups (broad SMARTS) is 1. The first-order chi connectivity index (χ1) is 7.09. The second-order valence-corrected chi connectivity index (χ2v) is 2.95. The van der Waals surface area contributed by atoms with Gasteiger partial charge in [0.25, 0.3) is 0 Å². The summed E-state index contributed by atoms with van der Waals surface area (Å²) in [6.45, 7) is 0.0247. The van der Waals surface area contributed by atoms with Gasteiger partial charge in [-0.2, -0.15) is 0 Å². The summed E-state index contributed by atoms with van der Waals surface area (Å²) in [5.41, 5.74) is 0. The van der Waals surface area contributed by atoms with Gasteiger partial charge in [-0.25, -0.2) is 9.18 Å². The average molecular weight is 214 g/mol. The molecular formula is C10H11FO4. The fourth-order valence-corrected chi connectivity index (χ4v) is 0.969.